The first-order chi connectivity index (χ1) is 10.1. The number of aromatic nitrogens is 3. The van der Waals surface area contributed by atoms with Gasteiger partial charge in [0.25, 0.3) is 0 Å². The van der Waals surface area contributed by atoms with Crippen LogP contribution in [0.1, 0.15) is 30.4 Å². The maximum atomic E-state index is 12.2. The number of hydrogen-bond acceptors (Lipinski definition) is 5. The van der Waals surface area contributed by atoms with Gasteiger partial charge in [-0.1, -0.05) is 11.8 Å². The van der Waals surface area contributed by atoms with E-state index in [1.807, 2.05) is 19.1 Å². The summed E-state index contributed by atoms with van der Waals surface area (Å²) in [6.45, 7) is 2.38. The molecule has 1 aliphatic carbocycles. The number of furan rings is 1. The standard InChI is InChI=1S/C14H18N4O2S/c1-10-3-6-12(20-10)7-17(2)13(19)8-21-14-16-15-9-18(14)11-4-5-11/h3,6,9,11H,4-5,7-8H2,1-2H3. The van der Waals surface area contributed by atoms with Gasteiger partial charge < -0.3 is 13.9 Å². The molecule has 21 heavy (non-hydrogen) atoms. The summed E-state index contributed by atoms with van der Waals surface area (Å²) >= 11 is 1.44. The van der Waals surface area contributed by atoms with Gasteiger partial charge in [-0.2, -0.15) is 0 Å². The smallest absolute Gasteiger partial charge is 0.233 e. The van der Waals surface area contributed by atoms with E-state index in [0.29, 0.717) is 18.3 Å². The van der Waals surface area contributed by atoms with Gasteiger partial charge in [0.05, 0.1) is 12.3 Å². The van der Waals surface area contributed by atoms with Crippen molar-refractivity contribution in [2.75, 3.05) is 12.8 Å². The zero-order valence-corrected chi connectivity index (χ0v) is 13.0. The summed E-state index contributed by atoms with van der Waals surface area (Å²) in [5.74, 6) is 2.08. The zero-order valence-electron chi connectivity index (χ0n) is 12.2. The van der Waals surface area contributed by atoms with Crippen molar-refractivity contribution in [3.8, 4) is 0 Å². The van der Waals surface area contributed by atoms with Gasteiger partial charge in [-0.3, -0.25) is 4.79 Å². The Morgan fingerprint density at radius 2 is 2.33 bits per heavy atom. The van der Waals surface area contributed by atoms with Crippen LogP contribution < -0.4 is 0 Å². The van der Waals surface area contributed by atoms with Crippen LogP contribution in [0.2, 0.25) is 0 Å². The van der Waals surface area contributed by atoms with E-state index in [1.165, 1.54) is 24.6 Å². The Morgan fingerprint density at radius 3 is 3.00 bits per heavy atom. The van der Waals surface area contributed by atoms with Crippen LogP contribution in [-0.4, -0.2) is 38.4 Å². The minimum absolute atomic E-state index is 0.0550. The highest BCUT2D eigenvalue weighted by molar-refractivity contribution is 7.99. The molecule has 1 saturated carbocycles. The van der Waals surface area contributed by atoms with E-state index < -0.39 is 0 Å². The van der Waals surface area contributed by atoms with E-state index in [1.54, 1.807) is 18.3 Å². The van der Waals surface area contributed by atoms with Gasteiger partial charge in [0.15, 0.2) is 5.16 Å². The summed E-state index contributed by atoms with van der Waals surface area (Å²) in [7, 11) is 1.78. The Labute approximate surface area is 127 Å². The maximum absolute atomic E-state index is 12.2. The van der Waals surface area contributed by atoms with Crippen molar-refractivity contribution in [3.05, 3.63) is 30.0 Å². The first kappa shape index (κ1) is 14.2. The lowest BCUT2D eigenvalue weighted by molar-refractivity contribution is -0.127. The molecule has 1 fully saturated rings. The van der Waals surface area contributed by atoms with Crippen LogP contribution in [0, 0.1) is 6.92 Å². The Kier molecular flexibility index (Phi) is 4.01. The number of aryl methyl sites for hydroxylation is 1. The molecule has 2 aromatic rings. The van der Waals surface area contributed by atoms with Gasteiger partial charge in [0, 0.05) is 13.1 Å². The van der Waals surface area contributed by atoms with E-state index in [-0.39, 0.29) is 5.91 Å². The van der Waals surface area contributed by atoms with Crippen LogP contribution in [0.25, 0.3) is 0 Å². The molecule has 7 heteroatoms. The molecule has 0 bridgehead atoms. The Balaban J connectivity index is 1.52. The van der Waals surface area contributed by atoms with Crippen LogP contribution >= 0.6 is 11.8 Å². The number of thioether (sulfide) groups is 1. The quantitative estimate of drug-likeness (QED) is 0.766. The van der Waals surface area contributed by atoms with E-state index in [0.717, 1.165) is 16.7 Å². The number of nitrogens with zero attached hydrogens (tertiary/aromatic N) is 4. The van der Waals surface area contributed by atoms with Gasteiger partial charge in [-0.15, -0.1) is 10.2 Å². The molecule has 112 valence electrons. The summed E-state index contributed by atoms with van der Waals surface area (Å²) in [5.41, 5.74) is 0. The van der Waals surface area contributed by atoms with Crippen molar-refractivity contribution in [3.63, 3.8) is 0 Å². The summed E-state index contributed by atoms with van der Waals surface area (Å²) in [4.78, 5) is 13.8. The van der Waals surface area contributed by atoms with Crippen molar-refractivity contribution in [1.29, 1.82) is 0 Å². The minimum Gasteiger partial charge on any atom is -0.464 e. The second-order valence-electron chi connectivity index (χ2n) is 5.30. The Bertz CT molecular complexity index is 632. The molecular weight excluding hydrogens is 288 g/mol. The molecule has 6 nitrogen and oxygen atoms in total. The molecule has 2 aromatic heterocycles. The Morgan fingerprint density at radius 1 is 1.52 bits per heavy atom. The molecule has 3 rings (SSSR count). The summed E-state index contributed by atoms with van der Waals surface area (Å²) in [6, 6.07) is 4.33. The van der Waals surface area contributed by atoms with Gasteiger partial charge >= 0.3 is 0 Å². The fourth-order valence-electron chi connectivity index (χ4n) is 2.07. The third kappa shape index (κ3) is 3.47. The van der Waals surface area contributed by atoms with E-state index in [4.69, 9.17) is 4.42 Å². The van der Waals surface area contributed by atoms with E-state index >= 15 is 0 Å². The molecule has 2 heterocycles. The van der Waals surface area contributed by atoms with Gasteiger partial charge in [0.1, 0.15) is 17.8 Å². The molecule has 0 N–H and O–H groups in total. The summed E-state index contributed by atoms with van der Waals surface area (Å²) in [6.07, 6.45) is 4.11. The topological polar surface area (TPSA) is 64.2 Å². The number of carbonyl (C=O) groups is 1. The highest BCUT2D eigenvalue weighted by atomic mass is 32.2. The number of rotatable bonds is 6. The highest BCUT2D eigenvalue weighted by Gasteiger charge is 2.26. The lowest BCUT2D eigenvalue weighted by atomic mass is 10.4. The third-order valence-corrected chi connectivity index (χ3v) is 4.36. The first-order valence-electron chi connectivity index (χ1n) is 6.95. The van der Waals surface area contributed by atoms with Crippen LogP contribution in [0.3, 0.4) is 0 Å². The second-order valence-corrected chi connectivity index (χ2v) is 6.25. The van der Waals surface area contributed by atoms with Gasteiger partial charge in [-0.25, -0.2) is 0 Å². The largest absolute Gasteiger partial charge is 0.464 e. The summed E-state index contributed by atoms with van der Waals surface area (Å²) in [5, 5.41) is 8.84. The van der Waals surface area contributed by atoms with E-state index in [2.05, 4.69) is 14.8 Å². The van der Waals surface area contributed by atoms with Crippen LogP contribution in [0.15, 0.2) is 28.0 Å². The third-order valence-electron chi connectivity index (χ3n) is 3.42. The van der Waals surface area contributed by atoms with Crippen LogP contribution in [-0.2, 0) is 11.3 Å². The summed E-state index contributed by atoms with van der Waals surface area (Å²) < 4.78 is 7.55. The van der Waals surface area contributed by atoms with E-state index in [9.17, 15) is 4.79 Å². The predicted molar refractivity (Wildman–Crippen MR) is 78.9 cm³/mol. The molecule has 0 unspecified atom stereocenters. The predicted octanol–water partition coefficient (Wildman–Crippen LogP) is 2.27. The van der Waals surface area contributed by atoms with Crippen molar-refractivity contribution in [2.45, 2.75) is 37.5 Å². The molecule has 1 amide bonds. The molecule has 0 atom stereocenters. The fraction of sp³-hybridized carbons (Fsp3) is 0.500. The van der Waals surface area contributed by atoms with Crippen molar-refractivity contribution >= 4 is 17.7 Å². The monoisotopic (exact) mass is 306 g/mol. The van der Waals surface area contributed by atoms with Gasteiger partial charge in [0.2, 0.25) is 5.91 Å². The average molecular weight is 306 g/mol. The zero-order chi connectivity index (χ0) is 14.8. The fourth-order valence-corrected chi connectivity index (χ4v) is 2.99. The average Bonchev–Trinajstić information content (AvgIpc) is 3.06. The molecular formula is C14H18N4O2S. The van der Waals surface area contributed by atoms with Crippen molar-refractivity contribution < 1.29 is 9.21 Å². The van der Waals surface area contributed by atoms with Crippen molar-refractivity contribution in [2.24, 2.45) is 0 Å². The number of hydrogen-bond donors (Lipinski definition) is 0. The SMILES string of the molecule is Cc1ccc(CN(C)C(=O)CSc2nncn2C2CC2)o1. The lowest BCUT2D eigenvalue weighted by Gasteiger charge is -2.15. The molecule has 0 saturated heterocycles. The first-order valence-corrected chi connectivity index (χ1v) is 7.93. The van der Waals surface area contributed by atoms with Crippen LogP contribution in [0.4, 0.5) is 0 Å². The van der Waals surface area contributed by atoms with Gasteiger partial charge in [-0.05, 0) is 31.9 Å². The molecule has 1 aliphatic rings. The molecule has 0 aliphatic heterocycles. The normalized spacial score (nSPS) is 14.4. The van der Waals surface area contributed by atoms with Crippen molar-refractivity contribution in [1.82, 2.24) is 19.7 Å². The number of carbonyl (C=O) groups excluding carboxylic acids is 1. The maximum Gasteiger partial charge on any atom is 0.233 e. The second kappa shape index (κ2) is 5.93. The molecule has 0 aromatic carbocycles. The Hall–Kier alpha value is -1.76. The minimum atomic E-state index is 0.0550. The number of amides is 1. The van der Waals surface area contributed by atoms with Crippen LogP contribution in [0.5, 0.6) is 0 Å². The lowest BCUT2D eigenvalue weighted by Crippen LogP contribution is -2.27. The molecule has 0 spiro atoms. The highest BCUT2D eigenvalue weighted by Crippen LogP contribution is 2.37. The molecule has 0 radical (unpaired) electrons.